The van der Waals surface area contributed by atoms with E-state index >= 15 is 0 Å². The van der Waals surface area contributed by atoms with Crippen molar-refractivity contribution in [2.45, 2.75) is 58.5 Å². The molecule has 1 aromatic rings. The third-order valence-corrected chi connectivity index (χ3v) is 3.90. The lowest BCUT2D eigenvalue weighted by atomic mass is 9.75. The van der Waals surface area contributed by atoms with E-state index in [-0.39, 0.29) is 0 Å². The monoisotopic (exact) mass is 232 g/mol. The molecule has 1 unspecified atom stereocenters. The van der Waals surface area contributed by atoms with Gasteiger partial charge in [0.25, 0.3) is 0 Å². The van der Waals surface area contributed by atoms with E-state index in [1.807, 2.05) is 12.4 Å². The highest BCUT2D eigenvalue weighted by molar-refractivity contribution is 5.14. The normalized spacial score (nSPS) is 25.5. The van der Waals surface area contributed by atoms with Crippen LogP contribution in [0, 0.1) is 5.41 Å². The van der Waals surface area contributed by atoms with Gasteiger partial charge in [0.05, 0.1) is 0 Å². The third kappa shape index (κ3) is 3.53. The van der Waals surface area contributed by atoms with Crippen LogP contribution in [0.2, 0.25) is 0 Å². The van der Waals surface area contributed by atoms with Crippen LogP contribution in [-0.2, 0) is 0 Å². The summed E-state index contributed by atoms with van der Waals surface area (Å²) in [7, 11) is 0. The molecule has 0 spiro atoms. The van der Waals surface area contributed by atoms with Crippen LogP contribution in [0.1, 0.15) is 58.1 Å². The van der Waals surface area contributed by atoms with Gasteiger partial charge in [-0.05, 0) is 49.3 Å². The van der Waals surface area contributed by atoms with E-state index in [1.54, 1.807) is 0 Å². The molecule has 2 rings (SSSR count). The standard InChI is InChI=1S/C15H24N2/c1-12(13-6-9-16-10-7-13)17-14-5-4-8-15(2,3)11-14/h6-7,9-10,12,14,17H,4-5,8,11H2,1-3H3/t12-,14?/m1/s1. The smallest absolute Gasteiger partial charge is 0.0295 e. The second-order valence-electron chi connectivity index (χ2n) is 6.13. The SMILES string of the molecule is C[C@@H](NC1CCCC(C)(C)C1)c1ccncc1. The van der Waals surface area contributed by atoms with Gasteiger partial charge in [0.1, 0.15) is 0 Å². The number of nitrogens with zero attached hydrogens (tertiary/aromatic N) is 1. The maximum absolute atomic E-state index is 4.07. The van der Waals surface area contributed by atoms with E-state index in [4.69, 9.17) is 0 Å². The third-order valence-electron chi connectivity index (χ3n) is 3.90. The largest absolute Gasteiger partial charge is 0.307 e. The van der Waals surface area contributed by atoms with Crippen molar-refractivity contribution < 1.29 is 0 Å². The summed E-state index contributed by atoms with van der Waals surface area (Å²) in [6, 6.07) is 5.30. The molecule has 17 heavy (non-hydrogen) atoms. The van der Waals surface area contributed by atoms with Crippen LogP contribution in [0.5, 0.6) is 0 Å². The fraction of sp³-hybridized carbons (Fsp3) is 0.667. The molecule has 0 aliphatic heterocycles. The Hall–Kier alpha value is -0.890. The average molecular weight is 232 g/mol. The highest BCUT2D eigenvalue weighted by atomic mass is 14.9. The summed E-state index contributed by atoms with van der Waals surface area (Å²) in [4.78, 5) is 4.07. The van der Waals surface area contributed by atoms with Gasteiger partial charge < -0.3 is 5.32 Å². The molecule has 0 amide bonds. The number of hydrogen-bond donors (Lipinski definition) is 1. The van der Waals surface area contributed by atoms with Crippen molar-refractivity contribution in [3.8, 4) is 0 Å². The molecule has 1 aliphatic carbocycles. The van der Waals surface area contributed by atoms with Crippen molar-refractivity contribution in [1.82, 2.24) is 10.3 Å². The first-order valence-electron chi connectivity index (χ1n) is 6.73. The van der Waals surface area contributed by atoms with Gasteiger partial charge >= 0.3 is 0 Å². The fourth-order valence-corrected chi connectivity index (χ4v) is 2.94. The molecular weight excluding hydrogens is 208 g/mol. The van der Waals surface area contributed by atoms with E-state index in [0.29, 0.717) is 17.5 Å². The molecule has 1 aromatic heterocycles. The summed E-state index contributed by atoms with van der Waals surface area (Å²) in [6.45, 7) is 7.02. The van der Waals surface area contributed by atoms with Crippen molar-refractivity contribution in [3.05, 3.63) is 30.1 Å². The Morgan fingerprint density at radius 3 is 2.71 bits per heavy atom. The van der Waals surface area contributed by atoms with Crippen LogP contribution >= 0.6 is 0 Å². The highest BCUT2D eigenvalue weighted by Crippen LogP contribution is 2.35. The molecular formula is C15H24N2. The summed E-state index contributed by atoms with van der Waals surface area (Å²) in [6.07, 6.45) is 9.08. The molecule has 2 heteroatoms. The minimum atomic E-state index is 0.428. The number of hydrogen-bond acceptors (Lipinski definition) is 2. The molecule has 2 atom stereocenters. The predicted molar refractivity (Wildman–Crippen MR) is 71.8 cm³/mol. The first kappa shape index (κ1) is 12.6. The van der Waals surface area contributed by atoms with Crippen molar-refractivity contribution in [2.24, 2.45) is 5.41 Å². The van der Waals surface area contributed by atoms with E-state index in [0.717, 1.165) is 0 Å². The van der Waals surface area contributed by atoms with Crippen LogP contribution in [0.3, 0.4) is 0 Å². The van der Waals surface area contributed by atoms with E-state index < -0.39 is 0 Å². The van der Waals surface area contributed by atoms with E-state index in [2.05, 4.69) is 43.2 Å². The molecule has 1 heterocycles. The van der Waals surface area contributed by atoms with Gasteiger partial charge in [0, 0.05) is 24.5 Å². The first-order valence-corrected chi connectivity index (χ1v) is 6.73. The van der Waals surface area contributed by atoms with E-state index in [9.17, 15) is 0 Å². The van der Waals surface area contributed by atoms with Crippen molar-refractivity contribution in [1.29, 1.82) is 0 Å². The van der Waals surface area contributed by atoms with Crippen molar-refractivity contribution in [3.63, 3.8) is 0 Å². The highest BCUT2D eigenvalue weighted by Gasteiger charge is 2.28. The van der Waals surface area contributed by atoms with Crippen LogP contribution < -0.4 is 5.32 Å². The molecule has 0 bridgehead atoms. The Labute approximate surface area is 105 Å². The molecule has 1 saturated carbocycles. The van der Waals surface area contributed by atoms with Gasteiger partial charge in [-0.1, -0.05) is 20.3 Å². The molecule has 0 aromatic carbocycles. The van der Waals surface area contributed by atoms with E-state index in [1.165, 1.54) is 31.2 Å². The van der Waals surface area contributed by atoms with Crippen LogP contribution in [0.25, 0.3) is 0 Å². The van der Waals surface area contributed by atoms with Gasteiger partial charge in [0.15, 0.2) is 0 Å². The Bertz CT molecular complexity index is 345. The summed E-state index contributed by atoms with van der Waals surface area (Å²) in [5, 5.41) is 3.76. The predicted octanol–water partition coefficient (Wildman–Crippen LogP) is 3.70. The lowest BCUT2D eigenvalue weighted by molar-refractivity contribution is 0.191. The molecule has 1 fully saturated rings. The van der Waals surface area contributed by atoms with Gasteiger partial charge in [-0.3, -0.25) is 4.98 Å². The maximum atomic E-state index is 4.07. The minimum Gasteiger partial charge on any atom is -0.307 e. The van der Waals surface area contributed by atoms with Gasteiger partial charge in [0.2, 0.25) is 0 Å². The topological polar surface area (TPSA) is 24.9 Å². The fourth-order valence-electron chi connectivity index (χ4n) is 2.94. The van der Waals surface area contributed by atoms with Gasteiger partial charge in [-0.15, -0.1) is 0 Å². The average Bonchev–Trinajstić information content (AvgIpc) is 2.29. The number of rotatable bonds is 3. The number of pyridine rings is 1. The molecule has 0 radical (unpaired) electrons. The van der Waals surface area contributed by atoms with Crippen molar-refractivity contribution >= 4 is 0 Å². The summed E-state index contributed by atoms with van der Waals surface area (Å²) >= 11 is 0. The second kappa shape index (κ2) is 5.18. The number of nitrogens with one attached hydrogen (secondary N) is 1. The maximum Gasteiger partial charge on any atom is 0.0295 e. The van der Waals surface area contributed by atoms with Crippen LogP contribution in [0.15, 0.2) is 24.5 Å². The first-order chi connectivity index (χ1) is 8.07. The molecule has 0 saturated heterocycles. The minimum absolute atomic E-state index is 0.428. The van der Waals surface area contributed by atoms with Crippen LogP contribution in [-0.4, -0.2) is 11.0 Å². The Balaban J connectivity index is 1.93. The zero-order valence-electron chi connectivity index (χ0n) is 11.2. The Morgan fingerprint density at radius 2 is 2.06 bits per heavy atom. The summed E-state index contributed by atoms with van der Waals surface area (Å²) in [5.41, 5.74) is 1.84. The zero-order chi connectivity index (χ0) is 12.3. The Morgan fingerprint density at radius 1 is 1.35 bits per heavy atom. The lowest BCUT2D eigenvalue weighted by Crippen LogP contribution is -2.38. The number of aromatic nitrogens is 1. The Kier molecular flexibility index (Phi) is 3.82. The molecule has 94 valence electrons. The molecule has 1 aliphatic rings. The molecule has 1 N–H and O–H groups in total. The summed E-state index contributed by atoms with van der Waals surface area (Å²) in [5.74, 6) is 0. The van der Waals surface area contributed by atoms with Gasteiger partial charge in [-0.2, -0.15) is 0 Å². The summed E-state index contributed by atoms with van der Waals surface area (Å²) < 4.78 is 0. The van der Waals surface area contributed by atoms with Gasteiger partial charge in [-0.25, -0.2) is 0 Å². The molecule has 2 nitrogen and oxygen atoms in total. The lowest BCUT2D eigenvalue weighted by Gasteiger charge is -2.37. The zero-order valence-corrected chi connectivity index (χ0v) is 11.2. The second-order valence-corrected chi connectivity index (χ2v) is 6.13. The van der Waals surface area contributed by atoms with Crippen LogP contribution in [0.4, 0.5) is 0 Å². The quantitative estimate of drug-likeness (QED) is 0.859. The van der Waals surface area contributed by atoms with Crippen molar-refractivity contribution in [2.75, 3.05) is 0 Å².